The highest BCUT2D eigenvalue weighted by atomic mass is 16.5. The van der Waals surface area contributed by atoms with Crippen molar-refractivity contribution in [3.8, 4) is 0 Å². The molecule has 14 heavy (non-hydrogen) atoms. The van der Waals surface area contributed by atoms with E-state index >= 15 is 0 Å². The van der Waals surface area contributed by atoms with Gasteiger partial charge in [-0.25, -0.2) is 4.79 Å². The molecule has 0 bridgehead atoms. The predicted molar refractivity (Wildman–Crippen MR) is 56.9 cm³/mol. The second-order valence-corrected chi connectivity index (χ2v) is 4.50. The van der Waals surface area contributed by atoms with Crippen LogP contribution in [0.2, 0.25) is 0 Å². The van der Waals surface area contributed by atoms with Crippen LogP contribution in [0.4, 0.5) is 0 Å². The highest BCUT2D eigenvalue weighted by Crippen LogP contribution is 2.35. The van der Waals surface area contributed by atoms with Crippen LogP contribution in [0.25, 0.3) is 0 Å². The standard InChI is InChI=1S/C12H18O2/c1-4-8-14-11(13)10-6-5-7-12(2,3)9-10/h4,6H,1,5,7-9H2,2-3H3. The van der Waals surface area contributed by atoms with Crippen LogP contribution in [0.15, 0.2) is 24.3 Å². The summed E-state index contributed by atoms with van der Waals surface area (Å²) >= 11 is 0. The summed E-state index contributed by atoms with van der Waals surface area (Å²) in [6, 6.07) is 0. The van der Waals surface area contributed by atoms with E-state index in [4.69, 9.17) is 4.74 Å². The topological polar surface area (TPSA) is 26.3 Å². The van der Waals surface area contributed by atoms with Crippen LogP contribution in [0.5, 0.6) is 0 Å². The number of hydrogen-bond acceptors (Lipinski definition) is 2. The van der Waals surface area contributed by atoms with E-state index in [1.807, 2.05) is 6.08 Å². The summed E-state index contributed by atoms with van der Waals surface area (Å²) in [4.78, 5) is 11.5. The van der Waals surface area contributed by atoms with Gasteiger partial charge in [0, 0.05) is 5.57 Å². The Morgan fingerprint density at radius 3 is 3.00 bits per heavy atom. The monoisotopic (exact) mass is 194 g/mol. The molecule has 0 saturated heterocycles. The number of hydrogen-bond donors (Lipinski definition) is 0. The fourth-order valence-electron chi connectivity index (χ4n) is 1.70. The zero-order chi connectivity index (χ0) is 10.6. The van der Waals surface area contributed by atoms with Gasteiger partial charge in [-0.15, -0.1) is 0 Å². The van der Waals surface area contributed by atoms with Crippen molar-refractivity contribution in [1.29, 1.82) is 0 Å². The fourth-order valence-corrected chi connectivity index (χ4v) is 1.70. The van der Waals surface area contributed by atoms with Crippen molar-refractivity contribution in [2.24, 2.45) is 5.41 Å². The van der Waals surface area contributed by atoms with E-state index in [0.717, 1.165) is 24.8 Å². The van der Waals surface area contributed by atoms with Crippen molar-refractivity contribution in [1.82, 2.24) is 0 Å². The second-order valence-electron chi connectivity index (χ2n) is 4.50. The number of allylic oxidation sites excluding steroid dienone is 1. The van der Waals surface area contributed by atoms with E-state index in [-0.39, 0.29) is 11.4 Å². The van der Waals surface area contributed by atoms with E-state index in [1.165, 1.54) is 0 Å². The summed E-state index contributed by atoms with van der Waals surface area (Å²) in [6.45, 7) is 8.17. The fraction of sp³-hybridized carbons (Fsp3) is 0.583. The molecular formula is C12H18O2. The summed E-state index contributed by atoms with van der Waals surface area (Å²) < 4.78 is 5.00. The number of esters is 1. The van der Waals surface area contributed by atoms with E-state index in [0.29, 0.717) is 6.61 Å². The average Bonchev–Trinajstić information content (AvgIpc) is 2.12. The molecule has 2 heteroatoms. The molecule has 0 aromatic heterocycles. The van der Waals surface area contributed by atoms with Crippen LogP contribution >= 0.6 is 0 Å². The largest absolute Gasteiger partial charge is 0.458 e. The van der Waals surface area contributed by atoms with Gasteiger partial charge in [0.1, 0.15) is 6.61 Å². The quantitative estimate of drug-likeness (QED) is 0.510. The summed E-state index contributed by atoms with van der Waals surface area (Å²) in [5.74, 6) is -0.183. The van der Waals surface area contributed by atoms with Gasteiger partial charge < -0.3 is 4.74 Å². The Labute approximate surface area is 85.6 Å². The van der Waals surface area contributed by atoms with E-state index in [2.05, 4.69) is 20.4 Å². The molecule has 0 heterocycles. The van der Waals surface area contributed by atoms with Crippen molar-refractivity contribution in [3.05, 3.63) is 24.3 Å². The molecule has 1 aliphatic rings. The highest BCUT2D eigenvalue weighted by molar-refractivity contribution is 5.88. The second kappa shape index (κ2) is 4.45. The van der Waals surface area contributed by atoms with Gasteiger partial charge in [-0.3, -0.25) is 0 Å². The van der Waals surface area contributed by atoms with Gasteiger partial charge in [0.15, 0.2) is 0 Å². The SMILES string of the molecule is C=CCOC(=O)C1=CCCC(C)(C)C1. The summed E-state index contributed by atoms with van der Waals surface area (Å²) in [7, 11) is 0. The minimum Gasteiger partial charge on any atom is -0.458 e. The maximum Gasteiger partial charge on any atom is 0.334 e. The Morgan fingerprint density at radius 1 is 1.71 bits per heavy atom. The van der Waals surface area contributed by atoms with Crippen LogP contribution in [-0.4, -0.2) is 12.6 Å². The predicted octanol–water partition coefficient (Wildman–Crippen LogP) is 2.85. The molecule has 0 atom stereocenters. The molecule has 0 N–H and O–H groups in total. The van der Waals surface area contributed by atoms with Gasteiger partial charge in [0.2, 0.25) is 0 Å². The van der Waals surface area contributed by atoms with Crippen LogP contribution in [-0.2, 0) is 9.53 Å². The van der Waals surface area contributed by atoms with E-state index in [1.54, 1.807) is 6.08 Å². The first-order chi connectivity index (χ1) is 6.55. The maximum absolute atomic E-state index is 11.5. The Balaban J connectivity index is 2.55. The number of ether oxygens (including phenoxy) is 1. The van der Waals surface area contributed by atoms with Gasteiger partial charge in [-0.05, 0) is 24.7 Å². The summed E-state index contributed by atoms with van der Waals surface area (Å²) in [5, 5.41) is 0. The molecule has 0 saturated carbocycles. The van der Waals surface area contributed by atoms with E-state index in [9.17, 15) is 4.79 Å². The van der Waals surface area contributed by atoms with Crippen molar-refractivity contribution in [3.63, 3.8) is 0 Å². The maximum atomic E-state index is 11.5. The average molecular weight is 194 g/mol. The van der Waals surface area contributed by atoms with Crippen LogP contribution in [0.1, 0.15) is 33.1 Å². The van der Waals surface area contributed by atoms with Gasteiger partial charge in [0.05, 0.1) is 0 Å². The molecule has 0 aliphatic heterocycles. The van der Waals surface area contributed by atoms with Crippen LogP contribution in [0.3, 0.4) is 0 Å². The molecule has 0 fully saturated rings. The van der Waals surface area contributed by atoms with Gasteiger partial charge in [0.25, 0.3) is 0 Å². The van der Waals surface area contributed by atoms with Gasteiger partial charge in [-0.2, -0.15) is 0 Å². The van der Waals surface area contributed by atoms with Gasteiger partial charge in [-0.1, -0.05) is 32.6 Å². The minimum atomic E-state index is -0.183. The number of carbonyl (C=O) groups is 1. The molecule has 0 aromatic carbocycles. The van der Waals surface area contributed by atoms with Crippen molar-refractivity contribution >= 4 is 5.97 Å². The molecule has 0 amide bonds. The lowest BCUT2D eigenvalue weighted by molar-refractivity contribution is -0.138. The zero-order valence-corrected chi connectivity index (χ0v) is 9.01. The molecule has 1 rings (SSSR count). The van der Waals surface area contributed by atoms with Gasteiger partial charge >= 0.3 is 5.97 Å². The smallest absolute Gasteiger partial charge is 0.334 e. The molecular weight excluding hydrogens is 176 g/mol. The lowest BCUT2D eigenvalue weighted by atomic mass is 9.77. The Hall–Kier alpha value is -1.05. The van der Waals surface area contributed by atoms with E-state index < -0.39 is 0 Å². The van der Waals surface area contributed by atoms with Crippen LogP contribution in [0, 0.1) is 5.41 Å². The van der Waals surface area contributed by atoms with Crippen molar-refractivity contribution in [2.45, 2.75) is 33.1 Å². The van der Waals surface area contributed by atoms with Crippen molar-refractivity contribution < 1.29 is 9.53 Å². The molecule has 2 nitrogen and oxygen atoms in total. The first-order valence-corrected chi connectivity index (χ1v) is 5.02. The first kappa shape index (κ1) is 11.0. The normalized spacial score (nSPS) is 19.7. The molecule has 0 unspecified atom stereocenters. The van der Waals surface area contributed by atoms with Crippen LogP contribution < -0.4 is 0 Å². The Morgan fingerprint density at radius 2 is 2.43 bits per heavy atom. The Kier molecular flexibility index (Phi) is 3.50. The summed E-state index contributed by atoms with van der Waals surface area (Å²) in [5.41, 5.74) is 1.06. The Bertz CT molecular complexity index is 261. The molecule has 0 spiro atoms. The lowest BCUT2D eigenvalue weighted by Crippen LogP contribution is -2.21. The van der Waals surface area contributed by atoms with Crippen molar-refractivity contribution in [2.75, 3.05) is 6.61 Å². The minimum absolute atomic E-state index is 0.183. The number of rotatable bonds is 3. The zero-order valence-electron chi connectivity index (χ0n) is 9.01. The summed E-state index contributed by atoms with van der Waals surface area (Å²) in [6.07, 6.45) is 6.53. The molecule has 0 radical (unpaired) electrons. The first-order valence-electron chi connectivity index (χ1n) is 5.02. The molecule has 78 valence electrons. The third-order valence-electron chi connectivity index (χ3n) is 2.48. The molecule has 1 aliphatic carbocycles. The lowest BCUT2D eigenvalue weighted by Gasteiger charge is -2.28. The third-order valence-corrected chi connectivity index (χ3v) is 2.48. The highest BCUT2D eigenvalue weighted by Gasteiger charge is 2.26. The third kappa shape index (κ3) is 3.02. The number of carbonyl (C=O) groups excluding carboxylic acids is 1. The molecule has 0 aromatic rings.